The topological polar surface area (TPSA) is 84.5 Å². The number of halogens is 1. The summed E-state index contributed by atoms with van der Waals surface area (Å²) in [6.07, 6.45) is 0.711. The summed E-state index contributed by atoms with van der Waals surface area (Å²) < 4.78 is 4.85. The Morgan fingerprint density at radius 2 is 1.57 bits per heavy atom. The smallest absolute Gasteiger partial charge is 0.328 e. The first-order valence-electron chi connectivity index (χ1n) is 9.78. The number of esters is 1. The van der Waals surface area contributed by atoms with Crippen molar-refractivity contribution in [2.45, 2.75) is 38.8 Å². The Morgan fingerprint density at radius 1 is 0.933 bits per heavy atom. The van der Waals surface area contributed by atoms with E-state index in [1.807, 2.05) is 44.2 Å². The van der Waals surface area contributed by atoms with Crippen LogP contribution in [0.4, 0.5) is 0 Å². The van der Waals surface area contributed by atoms with E-state index in [1.54, 1.807) is 24.3 Å². The number of amides is 2. The number of hydrogen-bond donors (Lipinski definition) is 2. The van der Waals surface area contributed by atoms with Crippen LogP contribution in [-0.4, -0.2) is 37.0 Å². The number of methoxy groups -OCH3 is 1. The maximum Gasteiger partial charge on any atom is 0.328 e. The van der Waals surface area contributed by atoms with Crippen LogP contribution in [0, 0.1) is 5.92 Å². The standard InChI is InChI=1S/C23H27ClN2O4/c1-15(2)13-19(25-21(27)17-9-11-18(24)12-10-17)22(28)26-20(23(29)30-3)14-16-7-5-4-6-8-16/h4-12,15,19-20H,13-14H2,1-3H3,(H,25,27)(H,26,28)/t19-,20-/m1/s1. The maximum atomic E-state index is 13.0. The molecule has 0 aliphatic carbocycles. The summed E-state index contributed by atoms with van der Waals surface area (Å²) in [5.41, 5.74) is 1.29. The first-order valence-corrected chi connectivity index (χ1v) is 10.2. The molecule has 2 rings (SSSR count). The second-order valence-corrected chi connectivity index (χ2v) is 7.87. The number of rotatable bonds is 9. The third kappa shape index (κ3) is 7.19. The number of nitrogens with one attached hydrogen (secondary N) is 2. The molecule has 0 fully saturated rings. The van der Waals surface area contributed by atoms with E-state index in [-0.39, 0.29) is 11.8 Å². The van der Waals surface area contributed by atoms with Crippen molar-refractivity contribution in [2.24, 2.45) is 5.92 Å². The summed E-state index contributed by atoms with van der Waals surface area (Å²) in [7, 11) is 1.28. The highest BCUT2D eigenvalue weighted by atomic mass is 35.5. The van der Waals surface area contributed by atoms with E-state index in [0.717, 1.165) is 5.56 Å². The Bertz CT molecular complexity index is 853. The van der Waals surface area contributed by atoms with Crippen molar-refractivity contribution < 1.29 is 19.1 Å². The normalized spacial score (nSPS) is 12.7. The van der Waals surface area contributed by atoms with Crippen molar-refractivity contribution in [3.63, 3.8) is 0 Å². The Labute approximate surface area is 182 Å². The zero-order chi connectivity index (χ0) is 22.1. The Balaban J connectivity index is 2.13. The summed E-state index contributed by atoms with van der Waals surface area (Å²) in [4.78, 5) is 37.8. The molecule has 2 aromatic carbocycles. The second kappa shape index (κ2) is 11.4. The van der Waals surface area contributed by atoms with Gasteiger partial charge in [0.1, 0.15) is 12.1 Å². The molecule has 0 radical (unpaired) electrons. The van der Waals surface area contributed by atoms with Crippen LogP contribution in [0.25, 0.3) is 0 Å². The molecule has 0 bridgehead atoms. The predicted octanol–water partition coefficient (Wildman–Crippen LogP) is 3.39. The van der Waals surface area contributed by atoms with Gasteiger partial charge in [-0.25, -0.2) is 4.79 Å². The molecule has 2 atom stereocenters. The van der Waals surface area contributed by atoms with Crippen molar-refractivity contribution in [2.75, 3.05) is 7.11 Å². The van der Waals surface area contributed by atoms with Gasteiger partial charge in [-0.2, -0.15) is 0 Å². The Morgan fingerprint density at radius 3 is 2.13 bits per heavy atom. The highest BCUT2D eigenvalue weighted by Gasteiger charge is 2.28. The third-order valence-corrected chi connectivity index (χ3v) is 4.77. The van der Waals surface area contributed by atoms with Crippen LogP contribution in [0.5, 0.6) is 0 Å². The van der Waals surface area contributed by atoms with E-state index in [1.165, 1.54) is 7.11 Å². The molecule has 160 valence electrons. The van der Waals surface area contributed by atoms with Crippen molar-refractivity contribution in [1.82, 2.24) is 10.6 Å². The van der Waals surface area contributed by atoms with Crippen LogP contribution in [-0.2, 0) is 20.7 Å². The lowest BCUT2D eigenvalue weighted by Crippen LogP contribution is -2.52. The number of hydrogen-bond acceptors (Lipinski definition) is 4. The highest BCUT2D eigenvalue weighted by Crippen LogP contribution is 2.12. The van der Waals surface area contributed by atoms with E-state index in [2.05, 4.69) is 10.6 Å². The number of carbonyl (C=O) groups excluding carboxylic acids is 3. The molecule has 0 aromatic heterocycles. The molecule has 6 nitrogen and oxygen atoms in total. The fourth-order valence-corrected chi connectivity index (χ4v) is 3.13. The van der Waals surface area contributed by atoms with Crippen molar-refractivity contribution in [3.8, 4) is 0 Å². The summed E-state index contributed by atoms with van der Waals surface area (Å²) in [6, 6.07) is 14.1. The van der Waals surface area contributed by atoms with Crippen molar-refractivity contribution in [3.05, 3.63) is 70.7 Å². The van der Waals surface area contributed by atoms with E-state index in [0.29, 0.717) is 23.4 Å². The summed E-state index contributed by atoms with van der Waals surface area (Å²) >= 11 is 5.87. The van der Waals surface area contributed by atoms with Crippen LogP contribution in [0.15, 0.2) is 54.6 Å². The van der Waals surface area contributed by atoms with E-state index < -0.39 is 24.0 Å². The molecule has 0 aliphatic heterocycles. The van der Waals surface area contributed by atoms with Gasteiger partial charge >= 0.3 is 5.97 Å². The van der Waals surface area contributed by atoms with Gasteiger partial charge in [-0.15, -0.1) is 0 Å². The fraction of sp³-hybridized carbons (Fsp3) is 0.348. The first-order chi connectivity index (χ1) is 14.3. The molecule has 2 N–H and O–H groups in total. The van der Waals surface area contributed by atoms with Crippen LogP contribution in [0.2, 0.25) is 5.02 Å². The van der Waals surface area contributed by atoms with Crippen molar-refractivity contribution >= 4 is 29.4 Å². The summed E-state index contributed by atoms with van der Waals surface area (Å²) in [6.45, 7) is 3.91. The predicted molar refractivity (Wildman–Crippen MR) is 116 cm³/mol. The minimum Gasteiger partial charge on any atom is -0.467 e. The molecule has 0 spiro atoms. The monoisotopic (exact) mass is 430 g/mol. The van der Waals surface area contributed by atoms with Gasteiger partial charge < -0.3 is 15.4 Å². The largest absolute Gasteiger partial charge is 0.467 e. The van der Waals surface area contributed by atoms with Gasteiger partial charge in [0.05, 0.1) is 7.11 Å². The Hall–Kier alpha value is -2.86. The lowest BCUT2D eigenvalue weighted by molar-refractivity contribution is -0.145. The van der Waals surface area contributed by atoms with Crippen molar-refractivity contribution in [1.29, 1.82) is 0 Å². The third-order valence-electron chi connectivity index (χ3n) is 4.52. The molecule has 2 aromatic rings. The van der Waals surface area contributed by atoms with E-state index >= 15 is 0 Å². The van der Waals surface area contributed by atoms with Gasteiger partial charge in [0.15, 0.2) is 0 Å². The number of carbonyl (C=O) groups is 3. The lowest BCUT2D eigenvalue weighted by Gasteiger charge is -2.23. The van der Waals surface area contributed by atoms with Gasteiger partial charge in [-0.1, -0.05) is 55.8 Å². The zero-order valence-electron chi connectivity index (χ0n) is 17.4. The SMILES string of the molecule is COC(=O)[C@@H](Cc1ccccc1)NC(=O)[C@@H](CC(C)C)NC(=O)c1ccc(Cl)cc1. The molecule has 7 heteroatoms. The van der Waals surface area contributed by atoms with E-state index in [4.69, 9.17) is 16.3 Å². The lowest BCUT2D eigenvalue weighted by atomic mass is 10.0. The molecular weight excluding hydrogens is 404 g/mol. The van der Waals surface area contributed by atoms with Gasteiger partial charge in [-0.3, -0.25) is 9.59 Å². The molecule has 2 amide bonds. The quantitative estimate of drug-likeness (QED) is 0.597. The molecule has 0 saturated heterocycles. The van der Waals surface area contributed by atoms with Gasteiger partial charge in [-0.05, 0) is 42.2 Å². The second-order valence-electron chi connectivity index (χ2n) is 7.44. The molecule has 0 aliphatic rings. The van der Waals surface area contributed by atoms with Crippen LogP contribution in [0.1, 0.15) is 36.2 Å². The molecule has 0 saturated carbocycles. The average molecular weight is 431 g/mol. The number of benzene rings is 2. The minimum absolute atomic E-state index is 0.150. The van der Waals surface area contributed by atoms with E-state index in [9.17, 15) is 14.4 Å². The average Bonchev–Trinajstić information content (AvgIpc) is 2.73. The van der Waals surface area contributed by atoms with Gasteiger partial charge in [0.2, 0.25) is 5.91 Å². The van der Waals surface area contributed by atoms with Crippen LogP contribution < -0.4 is 10.6 Å². The highest BCUT2D eigenvalue weighted by molar-refractivity contribution is 6.30. The molecule has 0 heterocycles. The minimum atomic E-state index is -0.855. The first kappa shape index (κ1) is 23.4. The summed E-state index contributed by atoms with van der Waals surface area (Å²) in [5, 5.41) is 6.02. The molecular formula is C23H27ClN2O4. The Kier molecular flexibility index (Phi) is 8.87. The maximum absolute atomic E-state index is 13.0. The zero-order valence-corrected chi connectivity index (χ0v) is 18.1. The summed E-state index contributed by atoms with van der Waals surface area (Å²) in [5.74, 6) is -1.21. The molecule has 30 heavy (non-hydrogen) atoms. The fourth-order valence-electron chi connectivity index (χ4n) is 3.00. The van der Waals surface area contributed by atoms with Gasteiger partial charge in [0, 0.05) is 17.0 Å². The van der Waals surface area contributed by atoms with Crippen LogP contribution in [0.3, 0.4) is 0 Å². The molecule has 0 unspecified atom stereocenters. The number of ether oxygens (including phenoxy) is 1. The van der Waals surface area contributed by atoms with Gasteiger partial charge in [0.25, 0.3) is 5.91 Å². The van der Waals surface area contributed by atoms with Crippen LogP contribution >= 0.6 is 11.6 Å².